The Balaban J connectivity index is 1.66. The molecule has 4 aromatic carbocycles. The number of para-hydroxylation sites is 2. The van der Waals surface area contributed by atoms with E-state index in [2.05, 4.69) is 83.8 Å². The topological polar surface area (TPSA) is 32.7 Å². The van der Waals surface area contributed by atoms with Crippen LogP contribution >= 0.6 is 0 Å². The van der Waals surface area contributed by atoms with Crippen molar-refractivity contribution in [3.63, 3.8) is 0 Å². The van der Waals surface area contributed by atoms with Crippen LogP contribution in [0.4, 0.5) is 17.1 Å². The summed E-state index contributed by atoms with van der Waals surface area (Å²) >= 11 is 0. The predicted molar refractivity (Wildman–Crippen MR) is 119 cm³/mol. The molecule has 0 radical (unpaired) electrons. The third-order valence-electron chi connectivity index (χ3n) is 4.68. The van der Waals surface area contributed by atoms with Gasteiger partial charge in [0.15, 0.2) is 0 Å². The molecule has 29 heavy (non-hydrogen) atoms. The Morgan fingerprint density at radius 1 is 0.586 bits per heavy atom. The molecule has 0 bridgehead atoms. The zero-order valence-corrected chi connectivity index (χ0v) is 16.1. The predicted octanol–water partition coefficient (Wildman–Crippen LogP) is 6.19. The summed E-state index contributed by atoms with van der Waals surface area (Å²) in [5.74, 6) is 0.760. The molecular weight excluding hydrogens is 358 g/mol. The van der Waals surface area contributed by atoms with Gasteiger partial charge in [-0.2, -0.15) is 0 Å². The molecule has 0 heterocycles. The van der Waals surface area contributed by atoms with Crippen molar-refractivity contribution in [1.29, 1.82) is 0 Å². The van der Waals surface area contributed by atoms with Crippen molar-refractivity contribution >= 4 is 17.1 Å². The van der Waals surface area contributed by atoms with Crippen LogP contribution in [0, 0.1) is 0 Å². The molecule has 3 heteroatoms. The number of hydrogen-bond acceptors (Lipinski definition) is 3. The third-order valence-corrected chi connectivity index (χ3v) is 4.68. The van der Waals surface area contributed by atoms with Gasteiger partial charge in [-0.1, -0.05) is 60.7 Å². The molecule has 4 rings (SSSR count). The Labute approximate surface area is 171 Å². The van der Waals surface area contributed by atoms with Gasteiger partial charge in [0.25, 0.3) is 0 Å². The Morgan fingerprint density at radius 3 is 1.76 bits per heavy atom. The number of aliphatic hydroxyl groups is 1. The van der Waals surface area contributed by atoms with Gasteiger partial charge >= 0.3 is 0 Å². The highest BCUT2D eigenvalue weighted by Crippen LogP contribution is 2.35. The van der Waals surface area contributed by atoms with Crippen LogP contribution in [0.1, 0.15) is 0 Å². The smallest absolute Gasteiger partial charge is 0.120 e. The van der Waals surface area contributed by atoms with E-state index < -0.39 is 0 Å². The first-order chi connectivity index (χ1) is 14.3. The van der Waals surface area contributed by atoms with Crippen LogP contribution in [0.15, 0.2) is 109 Å². The molecule has 0 saturated carbocycles. The molecule has 4 aromatic rings. The fourth-order valence-electron chi connectivity index (χ4n) is 3.33. The third kappa shape index (κ3) is 4.48. The van der Waals surface area contributed by atoms with Crippen molar-refractivity contribution in [2.75, 3.05) is 18.1 Å². The molecule has 0 fully saturated rings. The Hall–Kier alpha value is -3.56. The van der Waals surface area contributed by atoms with Crippen molar-refractivity contribution < 1.29 is 9.84 Å². The lowest BCUT2D eigenvalue weighted by molar-refractivity contribution is 0.201. The molecule has 0 spiro atoms. The largest absolute Gasteiger partial charge is 0.491 e. The lowest BCUT2D eigenvalue weighted by Crippen LogP contribution is -2.09. The van der Waals surface area contributed by atoms with Crippen LogP contribution < -0.4 is 9.64 Å². The monoisotopic (exact) mass is 381 g/mol. The Bertz CT molecular complexity index is 992. The summed E-state index contributed by atoms with van der Waals surface area (Å²) in [6, 6.07) is 37.2. The van der Waals surface area contributed by atoms with Crippen LogP contribution in [-0.2, 0) is 0 Å². The molecule has 3 nitrogen and oxygen atoms in total. The lowest BCUT2D eigenvalue weighted by Gasteiger charge is -2.25. The molecule has 0 amide bonds. The second kappa shape index (κ2) is 9.09. The average molecular weight is 381 g/mol. The van der Waals surface area contributed by atoms with Gasteiger partial charge in [0.1, 0.15) is 12.4 Å². The maximum absolute atomic E-state index is 8.95. The number of hydrogen-bond donors (Lipinski definition) is 1. The molecule has 0 saturated heterocycles. The van der Waals surface area contributed by atoms with E-state index >= 15 is 0 Å². The molecule has 0 unspecified atom stereocenters. The number of benzene rings is 4. The van der Waals surface area contributed by atoms with Crippen molar-refractivity contribution in [2.24, 2.45) is 0 Å². The van der Waals surface area contributed by atoms with Gasteiger partial charge in [-0.15, -0.1) is 0 Å². The molecule has 0 aliphatic carbocycles. The number of anilines is 3. The molecule has 0 aromatic heterocycles. The van der Waals surface area contributed by atoms with E-state index in [-0.39, 0.29) is 6.61 Å². The molecule has 0 aliphatic rings. The van der Waals surface area contributed by atoms with Gasteiger partial charge in [0.05, 0.1) is 6.61 Å². The second-order valence-electron chi connectivity index (χ2n) is 6.65. The maximum atomic E-state index is 8.95. The van der Waals surface area contributed by atoms with Crippen LogP contribution in [0.5, 0.6) is 5.75 Å². The summed E-state index contributed by atoms with van der Waals surface area (Å²) in [7, 11) is 0. The van der Waals surface area contributed by atoms with E-state index in [0.29, 0.717) is 6.61 Å². The van der Waals surface area contributed by atoms with Gasteiger partial charge in [-0.3, -0.25) is 0 Å². The van der Waals surface area contributed by atoms with Crippen LogP contribution in [0.2, 0.25) is 0 Å². The number of rotatable bonds is 7. The van der Waals surface area contributed by atoms with E-state index in [1.165, 1.54) is 0 Å². The van der Waals surface area contributed by atoms with Crippen LogP contribution in [0.25, 0.3) is 11.1 Å². The van der Waals surface area contributed by atoms with Gasteiger partial charge in [0, 0.05) is 17.1 Å². The molecule has 144 valence electrons. The van der Waals surface area contributed by atoms with Crippen molar-refractivity contribution in [3.8, 4) is 16.9 Å². The average Bonchev–Trinajstić information content (AvgIpc) is 2.80. The summed E-state index contributed by atoms with van der Waals surface area (Å²) in [6.07, 6.45) is 0. The number of nitrogens with zero attached hydrogens (tertiary/aromatic N) is 1. The van der Waals surface area contributed by atoms with E-state index in [1.54, 1.807) is 0 Å². The van der Waals surface area contributed by atoms with Crippen LogP contribution in [0.3, 0.4) is 0 Å². The molecule has 1 N–H and O–H groups in total. The summed E-state index contributed by atoms with van der Waals surface area (Å²) in [5, 5.41) is 8.95. The number of aliphatic hydroxyl groups excluding tert-OH is 1. The fourth-order valence-corrected chi connectivity index (χ4v) is 3.33. The van der Waals surface area contributed by atoms with Crippen LogP contribution in [-0.4, -0.2) is 18.3 Å². The van der Waals surface area contributed by atoms with E-state index in [9.17, 15) is 0 Å². The first-order valence-electron chi connectivity index (χ1n) is 9.69. The molecule has 0 aliphatic heterocycles. The minimum absolute atomic E-state index is 0.00767. The van der Waals surface area contributed by atoms with Crippen molar-refractivity contribution in [2.45, 2.75) is 0 Å². The highest BCUT2D eigenvalue weighted by atomic mass is 16.5. The zero-order valence-electron chi connectivity index (χ0n) is 16.1. The highest BCUT2D eigenvalue weighted by Gasteiger charge is 2.12. The van der Waals surface area contributed by atoms with Gasteiger partial charge in [0.2, 0.25) is 0 Å². The maximum Gasteiger partial charge on any atom is 0.120 e. The first kappa shape index (κ1) is 18.8. The van der Waals surface area contributed by atoms with E-state index in [1.807, 2.05) is 30.3 Å². The van der Waals surface area contributed by atoms with Crippen molar-refractivity contribution in [1.82, 2.24) is 0 Å². The Morgan fingerprint density at radius 2 is 1.17 bits per heavy atom. The van der Waals surface area contributed by atoms with E-state index in [4.69, 9.17) is 9.84 Å². The highest BCUT2D eigenvalue weighted by molar-refractivity contribution is 5.78. The molecular formula is C26H23NO2. The SMILES string of the molecule is OCCOc1cccc(-c2ccc(N(c3ccccc3)c3ccccc3)cc2)c1. The number of ether oxygens (including phenoxy) is 1. The van der Waals surface area contributed by atoms with Gasteiger partial charge in [-0.05, 0) is 59.7 Å². The first-order valence-corrected chi connectivity index (χ1v) is 9.69. The summed E-state index contributed by atoms with van der Waals surface area (Å²) in [5.41, 5.74) is 5.53. The fraction of sp³-hybridized carbons (Fsp3) is 0.0769. The summed E-state index contributed by atoms with van der Waals surface area (Å²) in [6.45, 7) is 0.305. The summed E-state index contributed by atoms with van der Waals surface area (Å²) in [4.78, 5) is 2.24. The minimum atomic E-state index is 0.00767. The standard InChI is InChI=1S/C26H23NO2/c28-18-19-29-26-13-7-8-22(20-26)21-14-16-25(17-15-21)27(23-9-3-1-4-10-23)24-11-5-2-6-12-24/h1-17,20,28H,18-19H2. The van der Waals surface area contributed by atoms with E-state index in [0.717, 1.165) is 33.9 Å². The van der Waals surface area contributed by atoms with Gasteiger partial charge < -0.3 is 14.7 Å². The normalized spacial score (nSPS) is 10.5. The Kier molecular flexibility index (Phi) is 5.89. The zero-order chi connectivity index (χ0) is 19.9. The van der Waals surface area contributed by atoms with Gasteiger partial charge in [-0.25, -0.2) is 0 Å². The lowest BCUT2D eigenvalue weighted by atomic mass is 10.0. The minimum Gasteiger partial charge on any atom is -0.491 e. The van der Waals surface area contributed by atoms with Crippen molar-refractivity contribution in [3.05, 3.63) is 109 Å². The molecule has 0 atom stereocenters. The quantitative estimate of drug-likeness (QED) is 0.414. The summed E-state index contributed by atoms with van der Waals surface area (Å²) < 4.78 is 5.54. The second-order valence-corrected chi connectivity index (χ2v) is 6.65.